The summed E-state index contributed by atoms with van der Waals surface area (Å²) in [4.78, 5) is 0. The van der Waals surface area contributed by atoms with E-state index in [0.717, 1.165) is 10.0 Å². The van der Waals surface area contributed by atoms with E-state index in [9.17, 15) is 5.11 Å². The fraction of sp³-hybridized carbons (Fsp3) is 0.143. The Hall–Kier alpha value is -0.260. The van der Waals surface area contributed by atoms with Crippen LogP contribution in [0.25, 0.3) is 0 Å². The molecule has 1 atom stereocenters. The number of aliphatic hydroxyl groups is 1. The highest BCUT2D eigenvalue weighted by Gasteiger charge is 2.11. The van der Waals surface area contributed by atoms with E-state index in [4.69, 9.17) is 27.9 Å². The van der Waals surface area contributed by atoms with Gasteiger partial charge >= 0.3 is 0 Å². The van der Waals surface area contributed by atoms with Gasteiger partial charge < -0.3 is 9.84 Å². The van der Waals surface area contributed by atoms with Crippen LogP contribution in [0.3, 0.4) is 0 Å². The largest absolute Gasteiger partial charge is 0.456 e. The molecule has 0 aliphatic heterocycles. The van der Waals surface area contributed by atoms with Gasteiger partial charge in [0.25, 0.3) is 0 Å². The van der Waals surface area contributed by atoms with Crippen molar-refractivity contribution in [3.05, 3.63) is 54.9 Å². The molecule has 0 bridgehead atoms. The molecule has 0 aliphatic rings. The van der Waals surface area contributed by atoms with Gasteiger partial charge in [0, 0.05) is 15.0 Å². The summed E-state index contributed by atoms with van der Waals surface area (Å²) < 4.78 is 7.19. The van der Waals surface area contributed by atoms with Crippen molar-refractivity contribution in [2.24, 2.45) is 0 Å². The van der Waals surface area contributed by atoms with Crippen molar-refractivity contribution in [1.29, 1.82) is 0 Å². The molecule has 1 N–H and O–H groups in total. The van der Waals surface area contributed by atoms with Crippen LogP contribution in [0.2, 0.25) is 10.0 Å². The van der Waals surface area contributed by atoms with Gasteiger partial charge in [-0.15, -0.1) is 0 Å². The molecule has 0 fully saturated rings. The van der Waals surface area contributed by atoms with E-state index in [-0.39, 0.29) is 0 Å². The summed E-state index contributed by atoms with van der Waals surface area (Å²) in [6.07, 6.45) is -0.552. The molecule has 0 saturated heterocycles. The van der Waals surface area contributed by atoms with Crippen LogP contribution in [-0.2, 0) is 0 Å². The second-order valence-corrected chi connectivity index (χ2v) is 6.68. The second-order valence-electron chi connectivity index (χ2n) is 4.16. The number of aliphatic hydroxyl groups excluding tert-OH is 1. The first-order valence-electron chi connectivity index (χ1n) is 5.68. The first-order chi connectivity index (χ1) is 9.38. The average molecular weight is 441 g/mol. The van der Waals surface area contributed by atoms with Crippen LogP contribution in [0.15, 0.2) is 39.3 Å². The number of ether oxygens (including phenoxy) is 1. The molecule has 0 amide bonds. The summed E-state index contributed by atoms with van der Waals surface area (Å²) in [7, 11) is 0. The molecule has 2 aromatic carbocycles. The molecule has 0 heterocycles. The lowest BCUT2D eigenvalue weighted by Gasteiger charge is -2.12. The molecule has 0 saturated carbocycles. The third kappa shape index (κ3) is 3.68. The van der Waals surface area contributed by atoms with Crippen LogP contribution in [0.4, 0.5) is 0 Å². The maximum absolute atomic E-state index is 9.58. The van der Waals surface area contributed by atoms with E-state index in [1.807, 2.05) is 0 Å². The van der Waals surface area contributed by atoms with Gasteiger partial charge in [0.1, 0.15) is 11.5 Å². The Morgan fingerprint density at radius 3 is 2.35 bits per heavy atom. The van der Waals surface area contributed by atoms with E-state index < -0.39 is 6.10 Å². The number of hydrogen-bond donors (Lipinski definition) is 1. The zero-order chi connectivity index (χ0) is 14.9. The van der Waals surface area contributed by atoms with Gasteiger partial charge in [-0.1, -0.05) is 45.2 Å². The zero-order valence-corrected chi connectivity index (χ0v) is 15.0. The molecule has 2 rings (SSSR count). The monoisotopic (exact) mass is 438 g/mol. The first kappa shape index (κ1) is 16.1. The summed E-state index contributed by atoms with van der Waals surface area (Å²) in [5, 5.41) is 10.6. The van der Waals surface area contributed by atoms with E-state index in [0.29, 0.717) is 26.0 Å². The highest BCUT2D eigenvalue weighted by Crippen LogP contribution is 2.37. The van der Waals surface area contributed by atoms with Crippen LogP contribution in [0.1, 0.15) is 18.6 Å². The summed E-state index contributed by atoms with van der Waals surface area (Å²) in [5.74, 6) is 1.07. The average Bonchev–Trinajstić information content (AvgIpc) is 2.35. The van der Waals surface area contributed by atoms with Crippen LogP contribution in [-0.4, -0.2) is 5.11 Å². The number of hydrogen-bond acceptors (Lipinski definition) is 2. The fourth-order valence-electron chi connectivity index (χ4n) is 1.62. The van der Waals surface area contributed by atoms with Gasteiger partial charge in [-0.3, -0.25) is 0 Å². The molecule has 0 spiro atoms. The van der Waals surface area contributed by atoms with E-state index >= 15 is 0 Å². The van der Waals surface area contributed by atoms with E-state index in [2.05, 4.69) is 31.9 Å². The Labute approximate surface area is 143 Å². The Morgan fingerprint density at radius 1 is 1.05 bits per heavy atom. The third-order valence-electron chi connectivity index (χ3n) is 2.62. The molecule has 2 nitrogen and oxygen atoms in total. The topological polar surface area (TPSA) is 29.5 Å². The quantitative estimate of drug-likeness (QED) is 0.562. The first-order valence-corrected chi connectivity index (χ1v) is 8.02. The molecule has 106 valence electrons. The third-order valence-corrected chi connectivity index (χ3v) is 4.80. The maximum atomic E-state index is 9.58. The van der Waals surface area contributed by atoms with E-state index in [1.54, 1.807) is 37.3 Å². The molecule has 20 heavy (non-hydrogen) atoms. The fourth-order valence-corrected chi connectivity index (χ4v) is 3.14. The highest BCUT2D eigenvalue weighted by molar-refractivity contribution is 9.10. The predicted octanol–water partition coefficient (Wildman–Crippen LogP) is 6.36. The summed E-state index contributed by atoms with van der Waals surface area (Å²) in [5.41, 5.74) is 0.789. The van der Waals surface area contributed by atoms with Crippen molar-refractivity contribution >= 4 is 55.1 Å². The minimum Gasteiger partial charge on any atom is -0.456 e. The van der Waals surface area contributed by atoms with Gasteiger partial charge in [-0.25, -0.2) is 0 Å². The van der Waals surface area contributed by atoms with Crippen molar-refractivity contribution in [2.45, 2.75) is 13.0 Å². The van der Waals surface area contributed by atoms with Crippen molar-refractivity contribution in [3.8, 4) is 11.5 Å². The molecule has 0 unspecified atom stereocenters. The predicted molar refractivity (Wildman–Crippen MR) is 89.0 cm³/mol. The van der Waals surface area contributed by atoms with Crippen molar-refractivity contribution < 1.29 is 9.84 Å². The highest BCUT2D eigenvalue weighted by atomic mass is 79.9. The Bertz CT molecular complexity index is 645. The number of rotatable bonds is 3. The smallest absolute Gasteiger partial charge is 0.147 e. The van der Waals surface area contributed by atoms with E-state index in [1.165, 1.54) is 0 Å². The van der Waals surface area contributed by atoms with Crippen molar-refractivity contribution in [1.82, 2.24) is 0 Å². The molecule has 2 aromatic rings. The Morgan fingerprint density at radius 2 is 1.75 bits per heavy atom. The summed E-state index contributed by atoms with van der Waals surface area (Å²) in [6, 6.07) is 8.65. The van der Waals surface area contributed by atoms with Gasteiger partial charge in [-0.2, -0.15) is 0 Å². The zero-order valence-electron chi connectivity index (χ0n) is 10.3. The normalized spacial score (nSPS) is 12.3. The lowest BCUT2D eigenvalue weighted by Crippen LogP contribution is -1.93. The van der Waals surface area contributed by atoms with Gasteiger partial charge in [-0.05, 0) is 46.6 Å². The maximum Gasteiger partial charge on any atom is 0.147 e. The van der Waals surface area contributed by atoms with Gasteiger partial charge in [0.2, 0.25) is 0 Å². The molecule has 0 aliphatic carbocycles. The van der Waals surface area contributed by atoms with Gasteiger partial charge in [0.15, 0.2) is 0 Å². The molecular weight excluding hydrogens is 431 g/mol. The van der Waals surface area contributed by atoms with Crippen LogP contribution in [0, 0.1) is 0 Å². The molecule has 0 aromatic heterocycles. The summed E-state index contributed by atoms with van der Waals surface area (Å²) >= 11 is 18.8. The Kier molecular flexibility index (Phi) is 5.37. The minimum absolute atomic E-state index is 0.456. The van der Waals surface area contributed by atoms with Crippen molar-refractivity contribution in [3.63, 3.8) is 0 Å². The molecule has 6 heteroatoms. The molecular formula is C14H10Br2Cl2O2. The molecule has 0 radical (unpaired) electrons. The minimum atomic E-state index is -0.552. The van der Waals surface area contributed by atoms with Crippen molar-refractivity contribution in [2.75, 3.05) is 0 Å². The SMILES string of the molecule is C[C@@H](O)c1ccc(Oc2cc(Cl)c(Br)cc2Cl)cc1Br. The Balaban J connectivity index is 2.31. The second kappa shape index (κ2) is 6.67. The van der Waals surface area contributed by atoms with Crippen LogP contribution < -0.4 is 4.74 Å². The van der Waals surface area contributed by atoms with Crippen LogP contribution >= 0.6 is 55.1 Å². The standard InChI is InChI=1S/C14H10Br2Cl2O2/c1-7(19)9-3-2-8(4-10(9)15)20-14-6-12(17)11(16)5-13(14)18/h2-7,19H,1H3/t7-/m1/s1. The number of benzene rings is 2. The van der Waals surface area contributed by atoms with Gasteiger partial charge in [0.05, 0.1) is 16.1 Å². The lowest BCUT2D eigenvalue weighted by atomic mass is 10.1. The van der Waals surface area contributed by atoms with Crippen LogP contribution in [0.5, 0.6) is 11.5 Å². The lowest BCUT2D eigenvalue weighted by molar-refractivity contribution is 0.198. The summed E-state index contributed by atoms with van der Waals surface area (Å²) in [6.45, 7) is 1.70. The number of halogens is 4.